The van der Waals surface area contributed by atoms with Gasteiger partial charge in [0.1, 0.15) is 11.5 Å². The molecule has 0 atom stereocenters. The normalized spacial score (nSPS) is 11.2. The first-order valence-corrected chi connectivity index (χ1v) is 8.36. The highest BCUT2D eigenvalue weighted by Crippen LogP contribution is 2.13. The summed E-state index contributed by atoms with van der Waals surface area (Å²) in [6, 6.07) is 6.23. The van der Waals surface area contributed by atoms with Crippen LogP contribution < -0.4 is 5.32 Å². The zero-order valence-electron chi connectivity index (χ0n) is 12.5. The molecule has 2 rings (SSSR count). The fourth-order valence-corrected chi connectivity index (χ4v) is 2.64. The maximum absolute atomic E-state index is 5.71. The molecule has 110 valence electrons. The Morgan fingerprint density at radius 1 is 1.30 bits per heavy atom. The van der Waals surface area contributed by atoms with E-state index in [4.69, 9.17) is 4.42 Å². The Morgan fingerprint density at radius 3 is 2.80 bits per heavy atom. The van der Waals surface area contributed by atoms with Crippen LogP contribution in [-0.2, 0) is 18.8 Å². The van der Waals surface area contributed by atoms with Gasteiger partial charge in [-0.2, -0.15) is 16.9 Å². The van der Waals surface area contributed by atoms with Crippen molar-refractivity contribution in [2.24, 2.45) is 0 Å². The topological polar surface area (TPSA) is 43.0 Å². The highest BCUT2D eigenvalue weighted by molar-refractivity contribution is 7.97. The lowest BCUT2D eigenvalue weighted by molar-refractivity contribution is 0.451. The number of thioether (sulfide) groups is 1. The maximum Gasteiger partial charge on any atom is 0.117 e. The number of rotatable bonds is 8. The van der Waals surface area contributed by atoms with Crippen LogP contribution >= 0.6 is 11.8 Å². The van der Waals surface area contributed by atoms with Gasteiger partial charge in [0, 0.05) is 12.2 Å². The number of nitrogens with one attached hydrogen (secondary N) is 1. The monoisotopic (exact) mass is 293 g/mol. The average Bonchev–Trinajstić information content (AvgIpc) is 2.97. The SMILES string of the molecule is CSCc1ccc(CNCCCn2nc(C)cc2C)o1. The van der Waals surface area contributed by atoms with Crippen LogP contribution in [0.3, 0.4) is 0 Å². The van der Waals surface area contributed by atoms with Crippen LogP contribution in [0.5, 0.6) is 0 Å². The van der Waals surface area contributed by atoms with E-state index >= 15 is 0 Å². The molecule has 0 aromatic carbocycles. The van der Waals surface area contributed by atoms with E-state index in [2.05, 4.69) is 46.5 Å². The molecule has 2 heterocycles. The molecular formula is C15H23N3OS. The quantitative estimate of drug-likeness (QED) is 0.759. The van der Waals surface area contributed by atoms with Crippen molar-refractivity contribution in [1.82, 2.24) is 15.1 Å². The lowest BCUT2D eigenvalue weighted by Gasteiger charge is -2.05. The Balaban J connectivity index is 1.65. The molecule has 2 aromatic heterocycles. The third-order valence-corrected chi connectivity index (χ3v) is 3.70. The zero-order chi connectivity index (χ0) is 14.4. The fourth-order valence-electron chi connectivity index (χ4n) is 2.20. The van der Waals surface area contributed by atoms with Crippen molar-refractivity contribution in [3.8, 4) is 0 Å². The lowest BCUT2D eigenvalue weighted by atomic mass is 10.3. The second-order valence-electron chi connectivity index (χ2n) is 4.98. The van der Waals surface area contributed by atoms with Crippen LogP contribution in [0.1, 0.15) is 29.3 Å². The molecule has 5 heteroatoms. The molecule has 0 unspecified atom stereocenters. The predicted molar refractivity (Wildman–Crippen MR) is 84.0 cm³/mol. The fraction of sp³-hybridized carbons (Fsp3) is 0.533. The number of aromatic nitrogens is 2. The van der Waals surface area contributed by atoms with E-state index in [1.54, 1.807) is 11.8 Å². The molecule has 20 heavy (non-hydrogen) atoms. The van der Waals surface area contributed by atoms with Gasteiger partial charge in [-0.25, -0.2) is 0 Å². The second kappa shape index (κ2) is 7.55. The maximum atomic E-state index is 5.71. The molecule has 0 bridgehead atoms. The predicted octanol–water partition coefficient (Wildman–Crippen LogP) is 3.14. The van der Waals surface area contributed by atoms with Crippen molar-refractivity contribution in [3.63, 3.8) is 0 Å². The third-order valence-electron chi connectivity index (χ3n) is 3.13. The minimum Gasteiger partial charge on any atom is -0.464 e. The van der Waals surface area contributed by atoms with E-state index in [0.717, 1.165) is 49.0 Å². The van der Waals surface area contributed by atoms with Gasteiger partial charge in [-0.05, 0) is 51.3 Å². The first kappa shape index (κ1) is 15.2. The van der Waals surface area contributed by atoms with E-state index in [1.165, 1.54) is 5.69 Å². The van der Waals surface area contributed by atoms with E-state index in [0.29, 0.717) is 0 Å². The van der Waals surface area contributed by atoms with Gasteiger partial charge in [0.05, 0.1) is 18.0 Å². The van der Waals surface area contributed by atoms with Crippen LogP contribution in [0.4, 0.5) is 0 Å². The molecule has 0 aliphatic rings. The van der Waals surface area contributed by atoms with Crippen molar-refractivity contribution < 1.29 is 4.42 Å². The first-order valence-electron chi connectivity index (χ1n) is 6.97. The molecule has 0 fully saturated rings. The average molecular weight is 293 g/mol. The molecule has 1 N–H and O–H groups in total. The number of hydrogen-bond acceptors (Lipinski definition) is 4. The first-order chi connectivity index (χ1) is 9.69. The summed E-state index contributed by atoms with van der Waals surface area (Å²) in [4.78, 5) is 0. The molecule has 0 spiro atoms. The Hall–Kier alpha value is -1.20. The smallest absolute Gasteiger partial charge is 0.117 e. The Bertz CT molecular complexity index is 533. The van der Waals surface area contributed by atoms with Gasteiger partial charge in [0.2, 0.25) is 0 Å². The summed E-state index contributed by atoms with van der Waals surface area (Å²) in [6.45, 7) is 6.86. The summed E-state index contributed by atoms with van der Waals surface area (Å²) < 4.78 is 7.78. The number of hydrogen-bond donors (Lipinski definition) is 1. The molecular weight excluding hydrogens is 270 g/mol. The minimum absolute atomic E-state index is 0.797. The molecule has 2 aromatic rings. The molecule has 0 saturated heterocycles. The zero-order valence-corrected chi connectivity index (χ0v) is 13.3. The van der Waals surface area contributed by atoms with Crippen LogP contribution in [-0.4, -0.2) is 22.6 Å². The van der Waals surface area contributed by atoms with Crippen molar-refractivity contribution >= 4 is 11.8 Å². The standard InChI is InChI=1S/C15H23N3OS/c1-12-9-13(2)18(17-12)8-4-7-16-10-14-5-6-15(19-14)11-20-3/h5-6,9,16H,4,7-8,10-11H2,1-3H3. The number of nitrogens with zero attached hydrogens (tertiary/aromatic N) is 2. The van der Waals surface area contributed by atoms with Gasteiger partial charge in [-0.1, -0.05) is 0 Å². The summed E-state index contributed by atoms with van der Waals surface area (Å²) in [5.41, 5.74) is 2.32. The van der Waals surface area contributed by atoms with Crippen molar-refractivity contribution in [3.05, 3.63) is 41.1 Å². The van der Waals surface area contributed by atoms with Crippen LogP contribution in [0.25, 0.3) is 0 Å². The van der Waals surface area contributed by atoms with Crippen molar-refractivity contribution in [2.45, 2.75) is 39.1 Å². The van der Waals surface area contributed by atoms with Crippen molar-refractivity contribution in [2.75, 3.05) is 12.8 Å². The Morgan fingerprint density at radius 2 is 2.10 bits per heavy atom. The molecule has 0 saturated carbocycles. The molecule has 0 amide bonds. The summed E-state index contributed by atoms with van der Waals surface area (Å²) >= 11 is 1.78. The van der Waals surface area contributed by atoms with Crippen LogP contribution in [0.15, 0.2) is 22.6 Å². The Kier molecular flexibility index (Phi) is 5.73. The van der Waals surface area contributed by atoms with E-state index in [1.807, 2.05) is 6.92 Å². The summed E-state index contributed by atoms with van der Waals surface area (Å²) in [6.07, 6.45) is 3.15. The van der Waals surface area contributed by atoms with Gasteiger partial charge in [0.25, 0.3) is 0 Å². The van der Waals surface area contributed by atoms with Gasteiger partial charge in [0.15, 0.2) is 0 Å². The van der Waals surface area contributed by atoms with E-state index in [-0.39, 0.29) is 0 Å². The van der Waals surface area contributed by atoms with Gasteiger partial charge in [-0.3, -0.25) is 4.68 Å². The largest absolute Gasteiger partial charge is 0.464 e. The molecule has 0 radical (unpaired) electrons. The van der Waals surface area contributed by atoms with E-state index < -0.39 is 0 Å². The van der Waals surface area contributed by atoms with Crippen LogP contribution in [0, 0.1) is 13.8 Å². The van der Waals surface area contributed by atoms with Gasteiger partial charge in [-0.15, -0.1) is 0 Å². The molecule has 0 aliphatic heterocycles. The van der Waals surface area contributed by atoms with Crippen LogP contribution in [0.2, 0.25) is 0 Å². The summed E-state index contributed by atoms with van der Waals surface area (Å²) in [5, 5.41) is 7.87. The number of furan rings is 1. The van der Waals surface area contributed by atoms with E-state index in [9.17, 15) is 0 Å². The summed E-state index contributed by atoms with van der Waals surface area (Å²) in [7, 11) is 0. The summed E-state index contributed by atoms with van der Waals surface area (Å²) in [5.74, 6) is 3.01. The minimum atomic E-state index is 0.797. The molecule has 0 aliphatic carbocycles. The molecule has 4 nitrogen and oxygen atoms in total. The Labute approximate surface area is 124 Å². The highest BCUT2D eigenvalue weighted by Gasteiger charge is 2.02. The lowest BCUT2D eigenvalue weighted by Crippen LogP contribution is -2.16. The van der Waals surface area contributed by atoms with Gasteiger partial charge >= 0.3 is 0 Å². The third kappa shape index (κ3) is 4.42. The number of aryl methyl sites for hydroxylation is 3. The second-order valence-corrected chi connectivity index (χ2v) is 5.85. The van der Waals surface area contributed by atoms with Crippen molar-refractivity contribution in [1.29, 1.82) is 0 Å². The van der Waals surface area contributed by atoms with Gasteiger partial charge < -0.3 is 9.73 Å². The highest BCUT2D eigenvalue weighted by atomic mass is 32.2.